The minimum absolute atomic E-state index is 0.679. The van der Waals surface area contributed by atoms with Crippen LogP contribution in [0.5, 0.6) is 0 Å². The van der Waals surface area contributed by atoms with Gasteiger partial charge in [-0.2, -0.15) is 4.98 Å². The van der Waals surface area contributed by atoms with Crippen LogP contribution in [0.1, 0.15) is 38.9 Å². The van der Waals surface area contributed by atoms with Gasteiger partial charge in [0.2, 0.25) is 6.39 Å². The smallest absolute Gasteiger partial charge is 0.213 e. The van der Waals surface area contributed by atoms with Crippen LogP contribution in [0.25, 0.3) is 0 Å². The maximum Gasteiger partial charge on any atom is 0.213 e. The Kier molecular flexibility index (Phi) is 4.36. The van der Waals surface area contributed by atoms with Crippen LogP contribution in [-0.2, 0) is 6.42 Å². The molecule has 0 spiro atoms. The van der Waals surface area contributed by atoms with Gasteiger partial charge in [-0.05, 0) is 38.5 Å². The summed E-state index contributed by atoms with van der Waals surface area (Å²) in [6.45, 7) is 8.11. The Hall–Kier alpha value is -0.940. The van der Waals surface area contributed by atoms with Crippen molar-refractivity contribution in [3.05, 3.63) is 12.2 Å². The minimum Gasteiger partial charge on any atom is -0.343 e. The first kappa shape index (κ1) is 14.0. The summed E-state index contributed by atoms with van der Waals surface area (Å²) in [5, 5.41) is 7.65. The molecule has 5 heteroatoms. The van der Waals surface area contributed by atoms with E-state index in [1.54, 1.807) is 0 Å². The van der Waals surface area contributed by atoms with Crippen LogP contribution in [0.3, 0.4) is 0 Å². The number of aromatic nitrogens is 2. The third-order valence-corrected chi connectivity index (χ3v) is 4.97. The summed E-state index contributed by atoms with van der Waals surface area (Å²) in [5.41, 5.74) is 0. The largest absolute Gasteiger partial charge is 0.343 e. The van der Waals surface area contributed by atoms with Gasteiger partial charge < -0.3 is 14.7 Å². The Morgan fingerprint density at radius 1 is 1.35 bits per heavy atom. The molecule has 1 aliphatic heterocycles. The summed E-state index contributed by atoms with van der Waals surface area (Å²) < 4.78 is 4.78. The summed E-state index contributed by atoms with van der Waals surface area (Å²) in [7, 11) is 0. The highest BCUT2D eigenvalue weighted by atomic mass is 16.5. The second-order valence-corrected chi connectivity index (χ2v) is 6.58. The molecule has 5 nitrogen and oxygen atoms in total. The van der Waals surface area contributed by atoms with E-state index in [4.69, 9.17) is 4.52 Å². The van der Waals surface area contributed by atoms with Gasteiger partial charge in [-0.1, -0.05) is 11.6 Å². The van der Waals surface area contributed by atoms with E-state index in [2.05, 4.69) is 34.2 Å². The summed E-state index contributed by atoms with van der Waals surface area (Å²) in [5.74, 6) is 2.44. The predicted molar refractivity (Wildman–Crippen MR) is 77.3 cm³/mol. The first-order chi connectivity index (χ1) is 9.74. The van der Waals surface area contributed by atoms with Gasteiger partial charge >= 0.3 is 0 Å². The summed E-state index contributed by atoms with van der Waals surface area (Å²) in [6, 6.07) is 1.36. The fraction of sp³-hybridized carbons (Fsp3) is 0.867. The Morgan fingerprint density at radius 2 is 2.10 bits per heavy atom. The van der Waals surface area contributed by atoms with Gasteiger partial charge in [0.1, 0.15) is 0 Å². The molecule has 0 amide bonds. The minimum atomic E-state index is 0.679. The molecule has 20 heavy (non-hydrogen) atoms. The zero-order chi connectivity index (χ0) is 13.9. The van der Waals surface area contributed by atoms with Crippen LogP contribution >= 0.6 is 0 Å². The Labute approximate surface area is 121 Å². The van der Waals surface area contributed by atoms with Crippen molar-refractivity contribution in [1.29, 1.82) is 0 Å². The van der Waals surface area contributed by atoms with E-state index in [1.165, 1.54) is 38.7 Å². The highest BCUT2D eigenvalue weighted by molar-refractivity contribution is 4.96. The van der Waals surface area contributed by atoms with E-state index in [1.807, 2.05) is 0 Å². The van der Waals surface area contributed by atoms with E-state index >= 15 is 0 Å². The second kappa shape index (κ2) is 6.22. The predicted octanol–water partition coefficient (Wildman–Crippen LogP) is 1.71. The lowest BCUT2D eigenvalue weighted by molar-refractivity contribution is 0.0299. The van der Waals surface area contributed by atoms with Crippen LogP contribution < -0.4 is 5.32 Å². The molecule has 2 fully saturated rings. The summed E-state index contributed by atoms with van der Waals surface area (Å²) >= 11 is 0. The molecule has 2 aliphatic rings. The molecule has 1 saturated heterocycles. The SMILES string of the molecule is CC(C)N1CC2CCCC(C1)C2NCCc1ncon1. The number of hydrogen-bond acceptors (Lipinski definition) is 5. The maximum absolute atomic E-state index is 4.78. The van der Waals surface area contributed by atoms with Crippen molar-refractivity contribution in [2.75, 3.05) is 19.6 Å². The van der Waals surface area contributed by atoms with Gasteiger partial charge in [0.05, 0.1) is 0 Å². The first-order valence-corrected chi connectivity index (χ1v) is 7.96. The molecule has 2 atom stereocenters. The van der Waals surface area contributed by atoms with Gasteiger partial charge in [-0.25, -0.2) is 0 Å². The molecule has 2 unspecified atom stereocenters. The zero-order valence-electron chi connectivity index (χ0n) is 12.6. The molecule has 1 aliphatic carbocycles. The number of piperidine rings is 1. The summed E-state index contributed by atoms with van der Waals surface area (Å²) in [6.07, 6.45) is 6.43. The first-order valence-electron chi connectivity index (χ1n) is 7.96. The van der Waals surface area contributed by atoms with Gasteiger partial charge in [0.15, 0.2) is 5.82 Å². The lowest BCUT2D eigenvalue weighted by Gasteiger charge is -2.49. The third kappa shape index (κ3) is 3.04. The highest BCUT2D eigenvalue weighted by Crippen LogP contribution is 2.35. The third-order valence-electron chi connectivity index (χ3n) is 4.97. The lowest BCUT2D eigenvalue weighted by Crippen LogP contribution is -2.58. The Balaban J connectivity index is 1.54. The van der Waals surface area contributed by atoms with Crippen molar-refractivity contribution in [2.45, 2.75) is 51.6 Å². The Morgan fingerprint density at radius 3 is 2.70 bits per heavy atom. The monoisotopic (exact) mass is 278 g/mol. The average molecular weight is 278 g/mol. The van der Waals surface area contributed by atoms with Gasteiger partial charge in [-0.3, -0.25) is 0 Å². The number of fused-ring (bicyclic) bond motifs is 2. The molecular formula is C15H26N4O. The molecule has 0 aromatic carbocycles. The van der Waals surface area contributed by atoms with Crippen LogP contribution in [0, 0.1) is 11.8 Å². The molecule has 112 valence electrons. The van der Waals surface area contributed by atoms with E-state index in [0.717, 1.165) is 30.6 Å². The molecule has 2 heterocycles. The molecule has 2 bridgehead atoms. The average Bonchev–Trinajstić information content (AvgIpc) is 2.91. The molecule has 0 radical (unpaired) electrons. The van der Waals surface area contributed by atoms with Crippen molar-refractivity contribution in [1.82, 2.24) is 20.4 Å². The van der Waals surface area contributed by atoms with Gasteiger partial charge in [0.25, 0.3) is 0 Å². The quantitative estimate of drug-likeness (QED) is 0.888. The topological polar surface area (TPSA) is 54.2 Å². The fourth-order valence-corrected chi connectivity index (χ4v) is 3.88. The van der Waals surface area contributed by atoms with Crippen LogP contribution in [0.2, 0.25) is 0 Å². The number of likely N-dealkylation sites (tertiary alicyclic amines) is 1. The van der Waals surface area contributed by atoms with Gasteiger partial charge in [0, 0.05) is 38.1 Å². The van der Waals surface area contributed by atoms with E-state index in [-0.39, 0.29) is 0 Å². The van der Waals surface area contributed by atoms with Crippen molar-refractivity contribution in [3.63, 3.8) is 0 Å². The van der Waals surface area contributed by atoms with E-state index in [9.17, 15) is 0 Å². The molecular weight excluding hydrogens is 252 g/mol. The van der Waals surface area contributed by atoms with Crippen LogP contribution in [-0.4, -0.2) is 46.8 Å². The Bertz CT molecular complexity index is 392. The van der Waals surface area contributed by atoms with Crippen molar-refractivity contribution < 1.29 is 4.52 Å². The molecule has 1 N–H and O–H groups in total. The fourth-order valence-electron chi connectivity index (χ4n) is 3.88. The number of hydrogen-bond donors (Lipinski definition) is 1. The lowest BCUT2D eigenvalue weighted by atomic mass is 9.73. The number of nitrogens with one attached hydrogen (secondary N) is 1. The molecule has 1 aromatic rings. The van der Waals surface area contributed by atoms with Crippen molar-refractivity contribution in [2.24, 2.45) is 11.8 Å². The summed E-state index contributed by atoms with van der Waals surface area (Å²) in [4.78, 5) is 6.74. The van der Waals surface area contributed by atoms with E-state index < -0.39 is 0 Å². The second-order valence-electron chi connectivity index (χ2n) is 6.58. The molecule has 1 saturated carbocycles. The number of rotatable bonds is 5. The van der Waals surface area contributed by atoms with E-state index in [0.29, 0.717) is 12.1 Å². The highest BCUT2D eigenvalue weighted by Gasteiger charge is 2.39. The standard InChI is InChI=1S/C15H26N4O/c1-11(2)19-8-12-4-3-5-13(9-19)15(12)16-7-6-14-17-10-20-18-14/h10-13,15-16H,3-9H2,1-2H3. The van der Waals surface area contributed by atoms with Crippen molar-refractivity contribution in [3.8, 4) is 0 Å². The molecule has 1 aromatic heterocycles. The van der Waals surface area contributed by atoms with Crippen LogP contribution in [0.15, 0.2) is 10.9 Å². The van der Waals surface area contributed by atoms with Gasteiger partial charge in [-0.15, -0.1) is 0 Å². The van der Waals surface area contributed by atoms with Crippen molar-refractivity contribution >= 4 is 0 Å². The maximum atomic E-state index is 4.78. The molecule has 3 rings (SSSR count). The van der Waals surface area contributed by atoms with Crippen LogP contribution in [0.4, 0.5) is 0 Å². The zero-order valence-corrected chi connectivity index (χ0v) is 12.6. The number of nitrogens with zero attached hydrogens (tertiary/aromatic N) is 3. The normalized spacial score (nSPS) is 30.9.